The largest absolute Gasteiger partial charge is 0.382 e. The van der Waals surface area contributed by atoms with E-state index in [1.165, 1.54) is 17.7 Å². The summed E-state index contributed by atoms with van der Waals surface area (Å²) in [6.07, 6.45) is 8.75. The summed E-state index contributed by atoms with van der Waals surface area (Å²) >= 11 is 7.64. The number of anilines is 2. The molecule has 0 radical (unpaired) electrons. The number of aromatic nitrogens is 5. The third-order valence-electron chi connectivity index (χ3n) is 6.94. The van der Waals surface area contributed by atoms with E-state index in [0.717, 1.165) is 62.1 Å². The molecule has 11 heteroatoms. The van der Waals surface area contributed by atoms with Crippen LogP contribution < -0.4 is 11.1 Å². The van der Waals surface area contributed by atoms with E-state index in [9.17, 15) is 4.79 Å². The van der Waals surface area contributed by atoms with Gasteiger partial charge in [0.1, 0.15) is 5.52 Å². The third kappa shape index (κ3) is 3.74. The monoisotopic (exact) mass is 472 g/mol. The molecule has 3 N–H and O–H groups in total. The molecule has 0 aromatic carbocycles. The number of nitrogen functional groups attached to an aromatic ring is 1. The van der Waals surface area contributed by atoms with E-state index in [2.05, 4.69) is 25.2 Å². The van der Waals surface area contributed by atoms with Gasteiger partial charge in [0.2, 0.25) is 11.2 Å². The SMILES string of the molecule is Nc1nc(Cl)nc2c1ncn2C1CCC(C(=O)Nc2nc3c(s2)CN(C2CC2)CC3)CC1. The van der Waals surface area contributed by atoms with Gasteiger partial charge in [-0.1, -0.05) is 0 Å². The molecular weight excluding hydrogens is 448 g/mol. The second-order valence-corrected chi connectivity index (χ2v) is 10.5. The molecule has 0 atom stereocenters. The summed E-state index contributed by atoms with van der Waals surface area (Å²) < 4.78 is 2.02. The maximum absolute atomic E-state index is 12.9. The molecule has 168 valence electrons. The van der Waals surface area contributed by atoms with Crippen LogP contribution in [0.2, 0.25) is 5.28 Å². The number of carbonyl (C=O) groups is 1. The topological polar surface area (TPSA) is 115 Å². The lowest BCUT2D eigenvalue weighted by Gasteiger charge is -2.28. The van der Waals surface area contributed by atoms with Gasteiger partial charge < -0.3 is 15.6 Å². The van der Waals surface area contributed by atoms with Crippen LogP contribution in [0.1, 0.15) is 55.1 Å². The second kappa shape index (κ2) is 7.93. The normalized spacial score (nSPS) is 23.9. The first-order valence-corrected chi connectivity index (χ1v) is 12.4. The molecule has 0 unspecified atom stereocenters. The minimum absolute atomic E-state index is 0.00629. The zero-order valence-corrected chi connectivity index (χ0v) is 19.2. The van der Waals surface area contributed by atoms with E-state index in [0.29, 0.717) is 17.0 Å². The van der Waals surface area contributed by atoms with Crippen LogP contribution in [0.5, 0.6) is 0 Å². The Morgan fingerprint density at radius 2 is 1.91 bits per heavy atom. The average molecular weight is 473 g/mol. The van der Waals surface area contributed by atoms with Crippen LogP contribution in [0.15, 0.2) is 6.33 Å². The highest BCUT2D eigenvalue weighted by atomic mass is 35.5. The predicted octanol–water partition coefficient (Wildman–Crippen LogP) is 3.41. The average Bonchev–Trinajstić information content (AvgIpc) is 3.42. The maximum atomic E-state index is 12.9. The molecule has 2 fully saturated rings. The number of hydrogen-bond acceptors (Lipinski definition) is 8. The lowest BCUT2D eigenvalue weighted by Crippen LogP contribution is -2.31. The molecule has 3 aromatic rings. The molecule has 9 nitrogen and oxygen atoms in total. The van der Waals surface area contributed by atoms with Crippen molar-refractivity contribution in [3.8, 4) is 0 Å². The minimum Gasteiger partial charge on any atom is -0.382 e. The van der Waals surface area contributed by atoms with Gasteiger partial charge in [-0.05, 0) is 50.1 Å². The molecule has 1 amide bonds. The zero-order valence-electron chi connectivity index (χ0n) is 17.6. The molecule has 0 bridgehead atoms. The fraction of sp³-hybridized carbons (Fsp3) is 0.571. The van der Waals surface area contributed by atoms with Crippen LogP contribution in [0, 0.1) is 5.92 Å². The number of nitrogens with one attached hydrogen (secondary N) is 1. The summed E-state index contributed by atoms with van der Waals surface area (Å²) in [5.74, 6) is 0.366. The summed E-state index contributed by atoms with van der Waals surface area (Å²) in [6.45, 7) is 2.07. The summed E-state index contributed by atoms with van der Waals surface area (Å²) in [5, 5.41) is 3.97. The van der Waals surface area contributed by atoms with Crippen molar-refractivity contribution in [2.24, 2.45) is 5.92 Å². The molecule has 0 spiro atoms. The van der Waals surface area contributed by atoms with Crippen LogP contribution >= 0.6 is 22.9 Å². The number of halogens is 1. The van der Waals surface area contributed by atoms with Crippen molar-refractivity contribution in [3.63, 3.8) is 0 Å². The van der Waals surface area contributed by atoms with Crippen molar-refractivity contribution in [1.29, 1.82) is 0 Å². The van der Waals surface area contributed by atoms with Crippen molar-refractivity contribution in [2.45, 2.75) is 63.6 Å². The molecule has 2 aliphatic carbocycles. The van der Waals surface area contributed by atoms with Gasteiger partial charge in [0, 0.05) is 42.4 Å². The number of thiazole rings is 1. The summed E-state index contributed by atoms with van der Waals surface area (Å²) in [7, 11) is 0. The molecule has 6 rings (SSSR count). The molecule has 1 aliphatic heterocycles. The molecule has 2 saturated carbocycles. The molecule has 3 aliphatic rings. The first-order valence-electron chi connectivity index (χ1n) is 11.2. The number of imidazole rings is 1. The van der Waals surface area contributed by atoms with Crippen LogP contribution in [0.4, 0.5) is 10.9 Å². The first-order chi connectivity index (χ1) is 15.5. The predicted molar refractivity (Wildman–Crippen MR) is 124 cm³/mol. The van der Waals surface area contributed by atoms with Crippen LogP contribution in [0.3, 0.4) is 0 Å². The van der Waals surface area contributed by atoms with E-state index < -0.39 is 0 Å². The molecule has 3 aromatic heterocycles. The summed E-state index contributed by atoms with van der Waals surface area (Å²) in [5.41, 5.74) is 8.32. The fourth-order valence-corrected chi connectivity index (χ4v) is 6.23. The molecular formula is C21H25ClN8OS. The number of amides is 1. The van der Waals surface area contributed by atoms with Crippen molar-refractivity contribution >= 4 is 51.0 Å². The number of nitrogens with two attached hydrogens (primary N) is 1. The molecule has 32 heavy (non-hydrogen) atoms. The van der Waals surface area contributed by atoms with Crippen molar-refractivity contribution in [2.75, 3.05) is 17.6 Å². The Morgan fingerprint density at radius 3 is 2.69 bits per heavy atom. The minimum atomic E-state index is -0.00629. The zero-order chi connectivity index (χ0) is 21.8. The smallest absolute Gasteiger partial charge is 0.229 e. The maximum Gasteiger partial charge on any atom is 0.229 e. The van der Waals surface area contributed by atoms with Crippen LogP contribution in [0.25, 0.3) is 11.2 Å². The Kier molecular flexibility index (Phi) is 5.03. The lowest BCUT2D eigenvalue weighted by molar-refractivity contribution is -0.120. The van der Waals surface area contributed by atoms with E-state index in [1.54, 1.807) is 17.7 Å². The van der Waals surface area contributed by atoms with Crippen molar-refractivity contribution in [1.82, 2.24) is 29.4 Å². The van der Waals surface area contributed by atoms with Gasteiger partial charge in [0.25, 0.3) is 0 Å². The third-order valence-corrected chi connectivity index (χ3v) is 8.10. The number of carbonyl (C=O) groups excluding carboxylic acids is 1. The first kappa shape index (κ1) is 20.3. The van der Waals surface area contributed by atoms with Gasteiger partial charge in [0.05, 0.1) is 12.0 Å². The number of hydrogen-bond donors (Lipinski definition) is 2. The standard InChI is InChI=1S/C21H25ClN8OS/c22-20-26-17(23)16-18(27-20)30(10-24-16)13-3-1-11(2-4-13)19(31)28-21-25-14-7-8-29(12-5-6-12)9-15(14)32-21/h10-13H,1-9H2,(H2,23,26,27)(H,25,28,31). The Labute approximate surface area is 194 Å². The Bertz CT molecular complexity index is 1180. The molecule has 4 heterocycles. The van der Waals surface area contributed by atoms with Gasteiger partial charge in [0.15, 0.2) is 16.6 Å². The van der Waals surface area contributed by atoms with Crippen LogP contribution in [-0.2, 0) is 17.8 Å². The molecule has 0 saturated heterocycles. The van der Waals surface area contributed by atoms with Gasteiger partial charge in [-0.15, -0.1) is 11.3 Å². The van der Waals surface area contributed by atoms with Gasteiger partial charge >= 0.3 is 0 Å². The summed E-state index contributed by atoms with van der Waals surface area (Å²) in [6, 6.07) is 0.986. The number of fused-ring (bicyclic) bond motifs is 2. The van der Waals surface area contributed by atoms with Crippen LogP contribution in [-0.4, -0.2) is 47.9 Å². The van der Waals surface area contributed by atoms with Crippen molar-refractivity contribution < 1.29 is 4.79 Å². The van der Waals surface area contributed by atoms with E-state index in [-0.39, 0.29) is 23.2 Å². The second-order valence-electron chi connectivity index (χ2n) is 9.04. The lowest BCUT2D eigenvalue weighted by atomic mass is 9.85. The fourth-order valence-electron chi connectivity index (χ4n) is 5.02. The van der Waals surface area contributed by atoms with Gasteiger partial charge in [-0.25, -0.2) is 9.97 Å². The van der Waals surface area contributed by atoms with E-state index in [4.69, 9.17) is 22.3 Å². The van der Waals surface area contributed by atoms with E-state index in [1.807, 2.05) is 4.57 Å². The number of nitrogens with zero attached hydrogens (tertiary/aromatic N) is 6. The van der Waals surface area contributed by atoms with E-state index >= 15 is 0 Å². The van der Waals surface area contributed by atoms with Gasteiger partial charge in [-0.2, -0.15) is 9.97 Å². The number of rotatable bonds is 4. The summed E-state index contributed by atoms with van der Waals surface area (Å²) in [4.78, 5) is 34.2. The Hall–Kier alpha value is -2.30. The highest BCUT2D eigenvalue weighted by molar-refractivity contribution is 7.15. The highest BCUT2D eigenvalue weighted by Crippen LogP contribution is 2.37. The van der Waals surface area contributed by atoms with Crippen molar-refractivity contribution in [3.05, 3.63) is 22.2 Å². The highest BCUT2D eigenvalue weighted by Gasteiger charge is 2.33. The Morgan fingerprint density at radius 1 is 1.12 bits per heavy atom. The Balaban J connectivity index is 1.09. The van der Waals surface area contributed by atoms with Gasteiger partial charge in [-0.3, -0.25) is 9.69 Å². The quantitative estimate of drug-likeness (QED) is 0.559.